The molecular weight excluding hydrogens is 461 g/mol. The van der Waals surface area contributed by atoms with Gasteiger partial charge in [-0.05, 0) is 42.0 Å². The Hall–Kier alpha value is -3.26. The first-order valence-electron chi connectivity index (χ1n) is 11.7. The minimum Gasteiger partial charge on any atom is -0.380 e. The van der Waals surface area contributed by atoms with Crippen LogP contribution in [0.3, 0.4) is 0 Å². The largest absolute Gasteiger partial charge is 0.380 e. The number of anilines is 2. The van der Waals surface area contributed by atoms with Gasteiger partial charge >= 0.3 is 0 Å². The third kappa shape index (κ3) is 5.22. The molecule has 0 spiro atoms. The highest BCUT2D eigenvalue weighted by molar-refractivity contribution is 7.21. The predicted molar refractivity (Wildman–Crippen MR) is 141 cm³/mol. The van der Waals surface area contributed by atoms with Gasteiger partial charge in [0.1, 0.15) is 5.82 Å². The van der Waals surface area contributed by atoms with E-state index < -0.39 is 0 Å². The highest BCUT2D eigenvalue weighted by Gasteiger charge is 2.21. The molecule has 7 heteroatoms. The first kappa shape index (κ1) is 23.5. The zero-order chi connectivity index (χ0) is 24.2. The van der Waals surface area contributed by atoms with Gasteiger partial charge < -0.3 is 15.0 Å². The molecule has 2 heterocycles. The number of carbonyl (C=O) groups is 1. The average molecular weight is 490 g/mol. The van der Waals surface area contributed by atoms with Gasteiger partial charge in [-0.1, -0.05) is 36.4 Å². The van der Waals surface area contributed by atoms with Crippen LogP contribution in [0, 0.1) is 5.82 Å². The van der Waals surface area contributed by atoms with Gasteiger partial charge in [-0.15, -0.1) is 11.3 Å². The second-order valence-electron chi connectivity index (χ2n) is 8.71. The number of ether oxygens (including phenoxy) is 1. The van der Waals surface area contributed by atoms with Crippen LogP contribution in [0.2, 0.25) is 0 Å². The summed E-state index contributed by atoms with van der Waals surface area (Å²) in [7, 11) is 1.55. The van der Waals surface area contributed by atoms with Gasteiger partial charge in [0.15, 0.2) is 0 Å². The molecule has 1 fully saturated rings. The van der Waals surface area contributed by atoms with Crippen LogP contribution in [0.15, 0.2) is 72.8 Å². The summed E-state index contributed by atoms with van der Waals surface area (Å²) in [5.41, 5.74) is 3.79. The lowest BCUT2D eigenvalue weighted by molar-refractivity contribution is 0.102. The normalized spacial score (nSPS) is 14.4. The van der Waals surface area contributed by atoms with E-state index >= 15 is 0 Å². The molecule has 0 unspecified atom stereocenters. The number of benzene rings is 3. The van der Waals surface area contributed by atoms with E-state index in [-0.39, 0.29) is 18.3 Å². The third-order valence-electron chi connectivity index (χ3n) is 6.37. The van der Waals surface area contributed by atoms with Crippen LogP contribution in [0.5, 0.6) is 0 Å². The highest BCUT2D eigenvalue weighted by atomic mass is 32.1. The van der Waals surface area contributed by atoms with E-state index in [4.69, 9.17) is 4.74 Å². The molecule has 0 saturated carbocycles. The fourth-order valence-corrected chi connectivity index (χ4v) is 5.70. The Morgan fingerprint density at radius 1 is 0.971 bits per heavy atom. The van der Waals surface area contributed by atoms with Gasteiger partial charge in [0.2, 0.25) is 0 Å². The Balaban J connectivity index is 1.23. The number of rotatable bonds is 7. The Labute approximate surface area is 208 Å². The first-order chi connectivity index (χ1) is 17.1. The van der Waals surface area contributed by atoms with Crippen LogP contribution in [0.4, 0.5) is 15.8 Å². The molecule has 1 amide bonds. The van der Waals surface area contributed by atoms with Crippen LogP contribution < -0.4 is 10.2 Å². The topological polar surface area (TPSA) is 44.8 Å². The maximum absolute atomic E-state index is 14.4. The quantitative estimate of drug-likeness (QED) is 0.358. The van der Waals surface area contributed by atoms with Crippen molar-refractivity contribution in [1.82, 2.24) is 4.90 Å². The summed E-state index contributed by atoms with van der Waals surface area (Å²) < 4.78 is 20.4. The number of hydrogen-bond donors (Lipinski definition) is 1. The van der Waals surface area contributed by atoms with Gasteiger partial charge in [-0.2, -0.15) is 0 Å². The Bertz CT molecular complexity index is 1300. The van der Waals surface area contributed by atoms with Crippen LogP contribution in [0.25, 0.3) is 10.1 Å². The van der Waals surface area contributed by atoms with Crippen LogP contribution >= 0.6 is 11.3 Å². The van der Waals surface area contributed by atoms with Crippen molar-refractivity contribution < 1.29 is 13.9 Å². The molecule has 1 aromatic heterocycles. The molecule has 3 aromatic carbocycles. The summed E-state index contributed by atoms with van der Waals surface area (Å²) >= 11 is 1.29. The summed E-state index contributed by atoms with van der Waals surface area (Å²) in [5, 5.41) is 3.43. The highest BCUT2D eigenvalue weighted by Crippen LogP contribution is 2.34. The fourth-order valence-electron chi connectivity index (χ4n) is 4.58. The molecule has 35 heavy (non-hydrogen) atoms. The molecule has 0 atom stereocenters. The number of nitrogens with zero attached hydrogens (tertiary/aromatic N) is 2. The molecule has 1 N–H and O–H groups in total. The summed E-state index contributed by atoms with van der Waals surface area (Å²) in [6.45, 7) is 5.11. The number of nitrogens with one attached hydrogen (secondary N) is 1. The summed E-state index contributed by atoms with van der Waals surface area (Å²) in [5.74, 6) is -0.585. The van der Waals surface area contributed by atoms with Gasteiger partial charge in [0, 0.05) is 66.9 Å². The molecule has 1 saturated heterocycles. The zero-order valence-electron chi connectivity index (χ0n) is 19.7. The van der Waals surface area contributed by atoms with E-state index in [1.54, 1.807) is 13.2 Å². The van der Waals surface area contributed by atoms with E-state index in [1.807, 2.05) is 36.4 Å². The second kappa shape index (κ2) is 10.6. The number of piperazine rings is 1. The predicted octanol–water partition coefficient (Wildman–Crippen LogP) is 5.76. The maximum atomic E-state index is 14.4. The number of methoxy groups -OCH3 is 1. The third-order valence-corrected chi connectivity index (χ3v) is 7.57. The fraction of sp³-hybridized carbons (Fsp3) is 0.250. The lowest BCUT2D eigenvalue weighted by Gasteiger charge is -2.36. The molecule has 0 bridgehead atoms. The number of amides is 1. The van der Waals surface area contributed by atoms with Crippen LogP contribution in [-0.4, -0.2) is 44.1 Å². The second-order valence-corrected chi connectivity index (χ2v) is 9.76. The van der Waals surface area contributed by atoms with Crippen molar-refractivity contribution in [2.24, 2.45) is 0 Å². The van der Waals surface area contributed by atoms with Gasteiger partial charge in [0.25, 0.3) is 5.91 Å². The number of carbonyl (C=O) groups excluding carboxylic acids is 1. The number of halogens is 1. The van der Waals surface area contributed by atoms with E-state index in [0.717, 1.165) is 43.1 Å². The zero-order valence-corrected chi connectivity index (χ0v) is 20.5. The smallest absolute Gasteiger partial charge is 0.266 e. The molecule has 0 aliphatic carbocycles. The molecule has 4 aromatic rings. The van der Waals surface area contributed by atoms with Crippen molar-refractivity contribution in [1.29, 1.82) is 0 Å². The molecular formula is C28H28FN3O2S. The van der Waals surface area contributed by atoms with E-state index in [1.165, 1.54) is 23.0 Å². The van der Waals surface area contributed by atoms with Gasteiger partial charge in [0.05, 0.1) is 11.5 Å². The SMILES string of the molecule is COCc1c(C(=O)Nc2ccc(N3CCN(Cc4ccccc4)CC3)cc2)sc2cccc(F)c12. The van der Waals surface area contributed by atoms with E-state index in [9.17, 15) is 9.18 Å². The van der Waals surface area contributed by atoms with E-state index in [2.05, 4.69) is 39.4 Å². The number of thiophene rings is 1. The molecule has 1 aliphatic heterocycles. The van der Waals surface area contributed by atoms with Crippen molar-refractivity contribution in [2.75, 3.05) is 43.5 Å². The average Bonchev–Trinajstić information content (AvgIpc) is 3.26. The molecule has 5 rings (SSSR count). The lowest BCUT2D eigenvalue weighted by atomic mass is 10.1. The monoisotopic (exact) mass is 489 g/mol. The van der Waals surface area contributed by atoms with Gasteiger partial charge in [-0.25, -0.2) is 4.39 Å². The van der Waals surface area contributed by atoms with Crippen LogP contribution in [-0.2, 0) is 17.9 Å². The van der Waals surface area contributed by atoms with Crippen LogP contribution in [0.1, 0.15) is 20.8 Å². The van der Waals surface area contributed by atoms with Crippen molar-refractivity contribution in [3.63, 3.8) is 0 Å². The van der Waals surface area contributed by atoms with Crippen molar-refractivity contribution in [3.05, 3.63) is 94.6 Å². The van der Waals surface area contributed by atoms with Crippen molar-refractivity contribution in [3.8, 4) is 0 Å². The Kier molecular flexibility index (Phi) is 7.08. The van der Waals surface area contributed by atoms with E-state index in [0.29, 0.717) is 21.5 Å². The molecule has 5 nitrogen and oxygen atoms in total. The van der Waals surface area contributed by atoms with Gasteiger partial charge in [-0.3, -0.25) is 9.69 Å². The Morgan fingerprint density at radius 3 is 2.43 bits per heavy atom. The maximum Gasteiger partial charge on any atom is 0.266 e. The first-order valence-corrected chi connectivity index (χ1v) is 12.6. The number of fused-ring (bicyclic) bond motifs is 1. The number of hydrogen-bond acceptors (Lipinski definition) is 5. The molecule has 180 valence electrons. The lowest BCUT2D eigenvalue weighted by Crippen LogP contribution is -2.45. The standard InChI is InChI=1S/C28H28FN3O2S/c1-34-19-23-26-24(29)8-5-9-25(26)35-27(23)28(33)30-21-10-12-22(13-11-21)32-16-14-31(15-17-32)18-20-6-3-2-4-7-20/h2-13H,14-19H2,1H3,(H,30,33). The minimum atomic E-state index is -0.335. The Morgan fingerprint density at radius 2 is 1.71 bits per heavy atom. The minimum absolute atomic E-state index is 0.179. The molecule has 0 radical (unpaired) electrons. The summed E-state index contributed by atoms with van der Waals surface area (Å²) in [6.07, 6.45) is 0. The summed E-state index contributed by atoms with van der Waals surface area (Å²) in [4.78, 5) is 18.4. The molecule has 1 aliphatic rings. The summed E-state index contributed by atoms with van der Waals surface area (Å²) in [6, 6.07) is 23.4. The van der Waals surface area contributed by atoms with Crippen molar-refractivity contribution >= 4 is 38.7 Å². The van der Waals surface area contributed by atoms with Crippen molar-refractivity contribution in [2.45, 2.75) is 13.2 Å².